The first-order valence-electron chi connectivity index (χ1n) is 7.32. The summed E-state index contributed by atoms with van der Waals surface area (Å²) in [5.74, 6) is 1.15. The van der Waals surface area contributed by atoms with Gasteiger partial charge in [0.15, 0.2) is 11.5 Å². The lowest BCUT2D eigenvalue weighted by atomic mass is 10.2. The van der Waals surface area contributed by atoms with Crippen molar-refractivity contribution in [2.75, 3.05) is 18.2 Å². The highest BCUT2D eigenvalue weighted by molar-refractivity contribution is 7.51. The summed E-state index contributed by atoms with van der Waals surface area (Å²) >= 11 is 0. The molecule has 0 saturated heterocycles. The van der Waals surface area contributed by atoms with E-state index >= 15 is 0 Å². The summed E-state index contributed by atoms with van der Waals surface area (Å²) in [6, 6.07) is 0. The van der Waals surface area contributed by atoms with E-state index < -0.39 is 13.9 Å². The lowest BCUT2D eigenvalue weighted by Gasteiger charge is -2.14. The Labute approximate surface area is 134 Å². The Morgan fingerprint density at radius 2 is 2.04 bits per heavy atom. The zero-order chi connectivity index (χ0) is 17.0. The summed E-state index contributed by atoms with van der Waals surface area (Å²) in [6.07, 6.45) is 2.10. The number of nitrogens with one attached hydrogen (secondary N) is 1. The molecule has 23 heavy (non-hydrogen) atoms. The topological polar surface area (TPSA) is 122 Å². The van der Waals surface area contributed by atoms with Crippen LogP contribution in [0.1, 0.15) is 20.8 Å². The number of fused-ring (bicyclic) bond motifs is 1. The van der Waals surface area contributed by atoms with E-state index in [1.54, 1.807) is 17.8 Å². The van der Waals surface area contributed by atoms with Crippen molar-refractivity contribution in [3.63, 3.8) is 0 Å². The molecule has 0 aliphatic heterocycles. The second kappa shape index (κ2) is 7.35. The quantitative estimate of drug-likeness (QED) is 0.615. The van der Waals surface area contributed by atoms with Crippen LogP contribution in [0.15, 0.2) is 12.7 Å². The summed E-state index contributed by atoms with van der Waals surface area (Å²) in [5.41, 5.74) is 1.31. The van der Waals surface area contributed by atoms with E-state index in [0.717, 1.165) is 6.54 Å². The Bertz CT molecular complexity index is 699. The molecule has 0 saturated carbocycles. The molecule has 10 heteroatoms. The summed E-state index contributed by atoms with van der Waals surface area (Å²) in [7, 11) is -4.17. The largest absolute Gasteiger partial charge is 0.368 e. The Morgan fingerprint density at radius 1 is 1.30 bits per heavy atom. The minimum Gasteiger partial charge on any atom is -0.368 e. The van der Waals surface area contributed by atoms with Crippen LogP contribution in [0.2, 0.25) is 0 Å². The second-order valence-electron chi connectivity index (χ2n) is 5.84. The molecule has 2 aromatic heterocycles. The molecule has 0 radical (unpaired) electrons. The fraction of sp³-hybridized carbons (Fsp3) is 0.615. The van der Waals surface area contributed by atoms with Gasteiger partial charge in [-0.3, -0.25) is 4.57 Å². The molecule has 3 N–H and O–H groups in total. The van der Waals surface area contributed by atoms with E-state index in [9.17, 15) is 4.57 Å². The van der Waals surface area contributed by atoms with Gasteiger partial charge in [-0.05, 0) is 12.8 Å². The molecule has 128 valence electrons. The van der Waals surface area contributed by atoms with Crippen molar-refractivity contribution in [3.8, 4) is 0 Å². The van der Waals surface area contributed by atoms with E-state index in [4.69, 9.17) is 14.5 Å². The number of rotatable bonds is 8. The normalized spacial score (nSPS) is 13.7. The number of imidazole rings is 1. The van der Waals surface area contributed by atoms with Crippen LogP contribution in [0.3, 0.4) is 0 Å². The minimum absolute atomic E-state index is 0.386. The predicted molar refractivity (Wildman–Crippen MR) is 86.1 cm³/mol. The van der Waals surface area contributed by atoms with Crippen molar-refractivity contribution in [3.05, 3.63) is 12.7 Å². The van der Waals surface area contributed by atoms with Gasteiger partial charge in [-0.25, -0.2) is 15.0 Å². The van der Waals surface area contributed by atoms with E-state index in [1.165, 1.54) is 6.33 Å². The molecule has 1 atom stereocenters. The molecule has 2 heterocycles. The summed E-state index contributed by atoms with van der Waals surface area (Å²) < 4.78 is 17.8. The molecule has 0 fully saturated rings. The summed E-state index contributed by atoms with van der Waals surface area (Å²) in [4.78, 5) is 30.4. The molecule has 0 spiro atoms. The van der Waals surface area contributed by atoms with E-state index in [2.05, 4.69) is 34.1 Å². The highest BCUT2D eigenvalue weighted by Crippen LogP contribution is 2.34. The van der Waals surface area contributed by atoms with Crippen LogP contribution in [0, 0.1) is 5.92 Å². The molecule has 2 aromatic rings. The van der Waals surface area contributed by atoms with Gasteiger partial charge < -0.3 is 24.4 Å². The molecule has 2 rings (SSSR count). The predicted octanol–water partition coefficient (Wildman–Crippen LogP) is 1.43. The molecular weight excluding hydrogens is 321 g/mol. The van der Waals surface area contributed by atoms with Crippen molar-refractivity contribution in [2.24, 2.45) is 5.92 Å². The van der Waals surface area contributed by atoms with Gasteiger partial charge in [-0.2, -0.15) is 0 Å². The van der Waals surface area contributed by atoms with Crippen LogP contribution in [-0.4, -0.2) is 48.3 Å². The molecule has 0 aliphatic carbocycles. The highest BCUT2D eigenvalue weighted by Gasteiger charge is 2.17. The van der Waals surface area contributed by atoms with Gasteiger partial charge in [0.2, 0.25) is 0 Å². The summed E-state index contributed by atoms with van der Waals surface area (Å²) in [5, 5.41) is 3.24. The lowest BCUT2D eigenvalue weighted by molar-refractivity contribution is 0.0764. The lowest BCUT2D eigenvalue weighted by Crippen LogP contribution is -2.17. The maximum Gasteiger partial charge on any atom is 0.350 e. The highest BCUT2D eigenvalue weighted by atomic mass is 31.2. The maximum atomic E-state index is 10.8. The first-order valence-corrected chi connectivity index (χ1v) is 9.12. The van der Waals surface area contributed by atoms with Crippen molar-refractivity contribution in [1.29, 1.82) is 0 Å². The van der Waals surface area contributed by atoms with Crippen molar-refractivity contribution < 1.29 is 19.1 Å². The van der Waals surface area contributed by atoms with Crippen LogP contribution in [0.25, 0.3) is 11.2 Å². The van der Waals surface area contributed by atoms with E-state index in [0.29, 0.717) is 29.4 Å². The standard InChI is InChI=1S/C13H22N5O4P/c1-9(2)4-14-12-11-13(16-6-15-12)18(7-17-11)5-10(3)22-8-23(19,20)21/h6-7,9-10H,4-5,8H2,1-3H3,(H,14,15,16)(H2,19,20,21)/t10-/m1/s1. The van der Waals surface area contributed by atoms with Gasteiger partial charge in [-0.1, -0.05) is 13.8 Å². The average molecular weight is 343 g/mol. The first-order chi connectivity index (χ1) is 10.8. The number of aromatic nitrogens is 4. The number of ether oxygens (including phenoxy) is 1. The van der Waals surface area contributed by atoms with Gasteiger partial charge in [0.1, 0.15) is 18.2 Å². The number of anilines is 1. The molecular formula is C13H22N5O4P. The fourth-order valence-corrected chi connectivity index (χ4v) is 2.45. The van der Waals surface area contributed by atoms with Gasteiger partial charge >= 0.3 is 7.60 Å². The van der Waals surface area contributed by atoms with Gasteiger partial charge in [-0.15, -0.1) is 0 Å². The molecule has 0 unspecified atom stereocenters. The zero-order valence-electron chi connectivity index (χ0n) is 13.4. The zero-order valence-corrected chi connectivity index (χ0v) is 14.3. The Morgan fingerprint density at radius 3 is 2.70 bits per heavy atom. The third-order valence-corrected chi connectivity index (χ3v) is 3.55. The first kappa shape index (κ1) is 17.8. The van der Waals surface area contributed by atoms with Crippen molar-refractivity contribution in [1.82, 2.24) is 19.5 Å². The Kier molecular flexibility index (Phi) is 5.69. The van der Waals surface area contributed by atoms with Crippen molar-refractivity contribution in [2.45, 2.75) is 33.4 Å². The number of hydrogen-bond donors (Lipinski definition) is 3. The Balaban J connectivity index is 2.10. The smallest absolute Gasteiger partial charge is 0.350 e. The monoisotopic (exact) mass is 343 g/mol. The summed E-state index contributed by atoms with van der Waals surface area (Å²) in [6.45, 7) is 7.10. The van der Waals surface area contributed by atoms with Crippen molar-refractivity contribution >= 4 is 24.6 Å². The minimum atomic E-state index is -4.17. The number of hydrogen-bond acceptors (Lipinski definition) is 6. The fourth-order valence-electron chi connectivity index (χ4n) is 2.00. The molecule has 9 nitrogen and oxygen atoms in total. The van der Waals surface area contributed by atoms with Crippen LogP contribution in [0.4, 0.5) is 5.82 Å². The van der Waals surface area contributed by atoms with Crippen LogP contribution >= 0.6 is 7.60 Å². The van der Waals surface area contributed by atoms with E-state index in [1.807, 2.05) is 0 Å². The molecule has 0 amide bonds. The number of nitrogens with zero attached hydrogens (tertiary/aromatic N) is 4. The third kappa shape index (κ3) is 5.24. The van der Waals surface area contributed by atoms with Gasteiger partial charge in [0.25, 0.3) is 0 Å². The molecule has 0 aromatic carbocycles. The van der Waals surface area contributed by atoms with Crippen LogP contribution < -0.4 is 5.32 Å². The van der Waals surface area contributed by atoms with Gasteiger partial charge in [0, 0.05) is 6.54 Å². The maximum absolute atomic E-state index is 10.8. The average Bonchev–Trinajstić information content (AvgIpc) is 2.86. The Hall–Kier alpha value is -1.54. The third-order valence-electron chi connectivity index (χ3n) is 3.06. The molecule has 0 bridgehead atoms. The van der Waals surface area contributed by atoms with Crippen LogP contribution in [-0.2, 0) is 15.8 Å². The molecule has 0 aliphatic rings. The van der Waals surface area contributed by atoms with E-state index in [-0.39, 0.29) is 6.10 Å². The SMILES string of the molecule is CC(C)CNc1ncnc2c1ncn2C[C@@H](C)OCP(=O)(O)O. The second-order valence-corrected chi connectivity index (χ2v) is 7.42. The van der Waals surface area contributed by atoms with Crippen LogP contribution in [0.5, 0.6) is 0 Å². The van der Waals surface area contributed by atoms with Gasteiger partial charge in [0.05, 0.1) is 19.0 Å².